The molecule has 1 aromatic carbocycles. The smallest absolute Gasteiger partial charge is 0.305 e. The number of rotatable bonds is 2. The predicted molar refractivity (Wildman–Crippen MR) is 117 cm³/mol. The van der Waals surface area contributed by atoms with E-state index in [4.69, 9.17) is 0 Å². The average molecular weight is 492 g/mol. The quantitative estimate of drug-likeness (QED) is 0.422. The van der Waals surface area contributed by atoms with Gasteiger partial charge in [-0.3, -0.25) is 18.3 Å². The maximum atomic E-state index is 12.9. The van der Waals surface area contributed by atoms with E-state index in [2.05, 4.69) is 20.9 Å². The summed E-state index contributed by atoms with van der Waals surface area (Å²) >= 11 is 3.43. The minimum atomic E-state index is -3.14. The van der Waals surface area contributed by atoms with Gasteiger partial charge in [0.2, 0.25) is 5.78 Å². The summed E-state index contributed by atoms with van der Waals surface area (Å²) in [5.74, 6) is 0.576. The summed E-state index contributed by atoms with van der Waals surface area (Å²) in [6.07, 6.45) is 2.26. The van der Waals surface area contributed by atoms with Crippen LogP contribution in [-0.4, -0.2) is 43.0 Å². The van der Waals surface area contributed by atoms with E-state index in [-0.39, 0.29) is 28.7 Å². The molecule has 0 radical (unpaired) electrons. The highest BCUT2D eigenvalue weighted by atomic mass is 79.9. The normalized spacial score (nSPS) is 18.6. The molecular formula is C19H18BrN5O4S. The van der Waals surface area contributed by atoms with E-state index < -0.39 is 21.1 Å². The van der Waals surface area contributed by atoms with Gasteiger partial charge >= 0.3 is 5.69 Å². The van der Waals surface area contributed by atoms with E-state index in [1.807, 2.05) is 28.8 Å². The second-order valence-corrected chi connectivity index (χ2v) is 10.8. The Kier molecular flexibility index (Phi) is 4.13. The summed E-state index contributed by atoms with van der Waals surface area (Å²) in [7, 11) is -0.146. The summed E-state index contributed by atoms with van der Waals surface area (Å²) in [5, 5.41) is 0. The van der Waals surface area contributed by atoms with Crippen molar-refractivity contribution in [3.8, 4) is 11.3 Å². The third-order valence-corrected chi connectivity index (χ3v) is 7.99. The van der Waals surface area contributed by atoms with Gasteiger partial charge in [-0.1, -0.05) is 28.1 Å². The molecule has 1 saturated heterocycles. The second-order valence-electron chi connectivity index (χ2n) is 7.61. The van der Waals surface area contributed by atoms with Crippen LogP contribution in [0.4, 0.5) is 0 Å². The monoisotopic (exact) mass is 491 g/mol. The third-order valence-electron chi connectivity index (χ3n) is 5.71. The average Bonchev–Trinajstić information content (AvgIpc) is 3.36. The zero-order valence-electron chi connectivity index (χ0n) is 16.2. The van der Waals surface area contributed by atoms with Gasteiger partial charge in [0, 0.05) is 24.8 Å². The van der Waals surface area contributed by atoms with Crippen LogP contribution in [0.25, 0.3) is 28.2 Å². The highest BCUT2D eigenvalue weighted by Crippen LogP contribution is 2.34. The lowest BCUT2D eigenvalue weighted by molar-refractivity contribution is 0.571. The predicted octanol–water partition coefficient (Wildman–Crippen LogP) is 1.48. The van der Waals surface area contributed by atoms with Crippen LogP contribution in [0.5, 0.6) is 0 Å². The highest BCUT2D eigenvalue weighted by molar-refractivity contribution is 9.10. The molecule has 0 N–H and O–H groups in total. The number of nitrogens with zero attached hydrogens (tertiary/aromatic N) is 5. The molecule has 0 aliphatic carbocycles. The topological polar surface area (TPSA) is 100 Å². The number of benzene rings is 1. The first kappa shape index (κ1) is 19.3. The van der Waals surface area contributed by atoms with Gasteiger partial charge in [0.1, 0.15) is 0 Å². The fourth-order valence-electron chi connectivity index (χ4n) is 4.16. The van der Waals surface area contributed by atoms with Crippen LogP contribution in [-0.2, 0) is 23.9 Å². The van der Waals surface area contributed by atoms with Gasteiger partial charge in [-0.15, -0.1) is 0 Å². The Morgan fingerprint density at radius 2 is 1.80 bits per heavy atom. The van der Waals surface area contributed by atoms with E-state index in [1.54, 1.807) is 17.6 Å². The van der Waals surface area contributed by atoms with Crippen LogP contribution in [0.15, 0.2) is 44.5 Å². The first-order valence-corrected chi connectivity index (χ1v) is 11.9. The number of aromatic nitrogens is 5. The van der Waals surface area contributed by atoms with Crippen molar-refractivity contribution in [1.29, 1.82) is 0 Å². The van der Waals surface area contributed by atoms with Gasteiger partial charge in [-0.25, -0.2) is 13.2 Å². The van der Waals surface area contributed by atoms with Crippen LogP contribution in [0.3, 0.4) is 0 Å². The van der Waals surface area contributed by atoms with Crippen molar-refractivity contribution in [3.63, 3.8) is 0 Å². The standard InChI is InChI=1S/C19H18BrN5O4S/c1-22-16-15(17(26)23(2)19(22)27)24-9-14(11-3-5-12(20)6-4-11)25(18(24)21-16)13-7-8-30(28,29)10-13/h3-6,9,13H,7-8,10H2,1-2H3/t13-/m1/s1. The van der Waals surface area contributed by atoms with Crippen molar-refractivity contribution in [1.82, 2.24) is 23.1 Å². The van der Waals surface area contributed by atoms with Gasteiger partial charge < -0.3 is 4.57 Å². The van der Waals surface area contributed by atoms with Gasteiger partial charge in [0.25, 0.3) is 5.56 Å². The number of aryl methyl sites for hydroxylation is 1. The molecule has 1 aliphatic heterocycles. The summed E-state index contributed by atoms with van der Waals surface area (Å²) in [6.45, 7) is 0. The highest BCUT2D eigenvalue weighted by Gasteiger charge is 2.33. The molecule has 4 aromatic rings. The van der Waals surface area contributed by atoms with Crippen LogP contribution in [0.1, 0.15) is 12.5 Å². The molecule has 11 heteroatoms. The fourth-order valence-corrected chi connectivity index (χ4v) is 6.13. The Morgan fingerprint density at radius 3 is 2.43 bits per heavy atom. The molecule has 156 valence electrons. The Hall–Kier alpha value is -2.66. The van der Waals surface area contributed by atoms with E-state index in [0.29, 0.717) is 12.2 Å². The van der Waals surface area contributed by atoms with Gasteiger partial charge in [-0.05, 0) is 24.1 Å². The number of sulfone groups is 1. The lowest BCUT2D eigenvalue weighted by Crippen LogP contribution is -2.37. The molecule has 0 unspecified atom stereocenters. The molecule has 1 aliphatic rings. The van der Waals surface area contributed by atoms with E-state index in [9.17, 15) is 18.0 Å². The number of hydrogen-bond acceptors (Lipinski definition) is 5. The largest absolute Gasteiger partial charge is 0.332 e. The minimum Gasteiger partial charge on any atom is -0.305 e. The van der Waals surface area contributed by atoms with Crippen molar-refractivity contribution in [3.05, 3.63) is 55.8 Å². The summed E-state index contributed by atoms with van der Waals surface area (Å²) < 4.78 is 31.2. The summed E-state index contributed by atoms with van der Waals surface area (Å²) in [4.78, 5) is 29.8. The molecule has 30 heavy (non-hydrogen) atoms. The SMILES string of the molecule is Cn1c(=O)c2c(nc3n([C@@H]4CCS(=O)(=O)C4)c(-c4ccc(Br)cc4)cn23)n(C)c1=O. The van der Waals surface area contributed by atoms with E-state index >= 15 is 0 Å². The molecule has 5 rings (SSSR count). The van der Waals surface area contributed by atoms with Crippen LogP contribution in [0.2, 0.25) is 0 Å². The first-order chi connectivity index (χ1) is 14.2. The van der Waals surface area contributed by atoms with E-state index in [0.717, 1.165) is 20.3 Å². The molecule has 9 nitrogen and oxygen atoms in total. The number of hydrogen-bond donors (Lipinski definition) is 0. The second kappa shape index (κ2) is 6.42. The van der Waals surface area contributed by atoms with Gasteiger partial charge in [0.15, 0.2) is 21.0 Å². The van der Waals surface area contributed by atoms with E-state index in [1.165, 1.54) is 11.6 Å². The van der Waals surface area contributed by atoms with Crippen molar-refractivity contribution < 1.29 is 8.42 Å². The Labute approximate surface area is 179 Å². The van der Waals surface area contributed by atoms with Crippen molar-refractivity contribution in [2.24, 2.45) is 14.1 Å². The first-order valence-electron chi connectivity index (χ1n) is 9.33. The molecule has 1 atom stereocenters. The number of imidazole rings is 2. The Bertz CT molecular complexity index is 1560. The molecule has 4 heterocycles. The van der Waals surface area contributed by atoms with Crippen molar-refractivity contribution >= 4 is 42.7 Å². The number of fused-ring (bicyclic) bond motifs is 3. The van der Waals surface area contributed by atoms with Crippen molar-refractivity contribution in [2.75, 3.05) is 11.5 Å². The lowest BCUT2D eigenvalue weighted by atomic mass is 10.1. The maximum Gasteiger partial charge on any atom is 0.332 e. The Morgan fingerprint density at radius 1 is 1.10 bits per heavy atom. The maximum absolute atomic E-state index is 12.9. The molecule has 0 amide bonds. The van der Waals surface area contributed by atoms with Gasteiger partial charge in [0.05, 0.1) is 23.2 Å². The summed E-state index contributed by atoms with van der Waals surface area (Å²) in [5.41, 5.74) is 1.30. The Balaban J connectivity index is 1.90. The van der Waals surface area contributed by atoms with Crippen molar-refractivity contribution in [2.45, 2.75) is 12.5 Å². The fraction of sp³-hybridized carbons (Fsp3) is 0.316. The molecule has 0 saturated carbocycles. The third kappa shape index (κ3) is 2.72. The number of halogens is 1. The molecule has 3 aromatic heterocycles. The van der Waals surface area contributed by atoms with Crippen LogP contribution < -0.4 is 11.2 Å². The molecule has 0 bridgehead atoms. The van der Waals surface area contributed by atoms with Gasteiger partial charge in [-0.2, -0.15) is 4.98 Å². The zero-order chi connectivity index (χ0) is 21.4. The van der Waals surface area contributed by atoms with Crippen LogP contribution in [0, 0.1) is 0 Å². The lowest BCUT2D eigenvalue weighted by Gasteiger charge is -2.15. The summed E-state index contributed by atoms with van der Waals surface area (Å²) in [6, 6.07) is 7.36. The molecule has 0 spiro atoms. The molecule has 1 fully saturated rings. The minimum absolute atomic E-state index is 0.0149. The van der Waals surface area contributed by atoms with Crippen LogP contribution >= 0.6 is 15.9 Å². The molecular weight excluding hydrogens is 474 g/mol. The zero-order valence-corrected chi connectivity index (χ0v) is 18.6.